The van der Waals surface area contributed by atoms with Gasteiger partial charge in [0.2, 0.25) is 0 Å². The van der Waals surface area contributed by atoms with Gasteiger partial charge in [0.25, 0.3) is 11.8 Å². The van der Waals surface area contributed by atoms with Crippen molar-refractivity contribution in [2.24, 2.45) is 5.92 Å². The largest absolute Gasteiger partial charge is 0.397 e. The van der Waals surface area contributed by atoms with E-state index in [1.807, 2.05) is 30.3 Å². The molecule has 5 N–H and O–H groups in total. The summed E-state index contributed by atoms with van der Waals surface area (Å²) in [6, 6.07) is 14.1. The molecule has 2 amide bonds. The van der Waals surface area contributed by atoms with E-state index in [1.54, 1.807) is 11.0 Å². The highest BCUT2D eigenvalue weighted by molar-refractivity contribution is 5.91. The minimum absolute atomic E-state index is 0.102. The van der Waals surface area contributed by atoms with Crippen molar-refractivity contribution in [2.75, 3.05) is 23.7 Å². The number of piperidine rings is 1. The lowest BCUT2D eigenvalue weighted by Gasteiger charge is -2.46. The first-order valence-electron chi connectivity index (χ1n) is 13.5. The van der Waals surface area contributed by atoms with Crippen molar-refractivity contribution >= 4 is 23.2 Å². The molecule has 0 bridgehead atoms. The number of carbonyl (C=O) groups excluding carboxylic acids is 2. The van der Waals surface area contributed by atoms with Gasteiger partial charge in [0, 0.05) is 25.2 Å². The Labute approximate surface area is 223 Å². The molecule has 0 aliphatic carbocycles. The summed E-state index contributed by atoms with van der Waals surface area (Å²) in [5.74, 6) is -1.63. The maximum absolute atomic E-state index is 13.6. The molecule has 0 spiro atoms. The fourth-order valence-corrected chi connectivity index (χ4v) is 6.13. The van der Waals surface area contributed by atoms with E-state index in [-0.39, 0.29) is 29.9 Å². The summed E-state index contributed by atoms with van der Waals surface area (Å²) in [6.07, 6.45) is 0.269. The van der Waals surface area contributed by atoms with Gasteiger partial charge < -0.3 is 31.1 Å². The molecule has 206 valence electrons. The topological polar surface area (TPSA) is 119 Å². The van der Waals surface area contributed by atoms with Crippen LogP contribution in [0.3, 0.4) is 0 Å². The monoisotopic (exact) mass is 526 g/mol. The molecule has 8 nitrogen and oxygen atoms in total. The fraction of sp³-hybridized carbons (Fsp3) is 0.517. The van der Waals surface area contributed by atoms with Crippen LogP contribution in [0.4, 0.5) is 15.8 Å². The van der Waals surface area contributed by atoms with Crippen molar-refractivity contribution in [2.45, 2.75) is 76.3 Å². The summed E-state index contributed by atoms with van der Waals surface area (Å²) in [6.45, 7) is 4.95. The number of halogens is 1. The van der Waals surface area contributed by atoms with Crippen LogP contribution in [0.25, 0.3) is 0 Å². The fourth-order valence-electron chi connectivity index (χ4n) is 6.13. The number of likely N-dealkylation sites (tertiary alicyclic amines) is 1. The number of nitrogen functional groups attached to an aromatic ring is 1. The lowest BCUT2D eigenvalue weighted by molar-refractivity contribution is -0.153. The van der Waals surface area contributed by atoms with Crippen molar-refractivity contribution < 1.29 is 24.2 Å². The van der Waals surface area contributed by atoms with Crippen LogP contribution in [-0.4, -0.2) is 64.3 Å². The number of amides is 2. The first-order valence-corrected chi connectivity index (χ1v) is 13.5. The van der Waals surface area contributed by atoms with Crippen molar-refractivity contribution in [3.8, 4) is 0 Å². The average Bonchev–Trinajstić information content (AvgIpc) is 3.41. The van der Waals surface area contributed by atoms with E-state index in [9.17, 15) is 24.2 Å². The predicted molar refractivity (Wildman–Crippen MR) is 145 cm³/mol. The van der Waals surface area contributed by atoms with Crippen molar-refractivity contribution in [1.82, 2.24) is 10.2 Å². The Morgan fingerprint density at radius 1 is 1.13 bits per heavy atom. The number of hydrogen-bond donors (Lipinski definition) is 4. The van der Waals surface area contributed by atoms with Crippen LogP contribution < -0.4 is 16.0 Å². The lowest BCUT2D eigenvalue weighted by Crippen LogP contribution is -2.53. The van der Waals surface area contributed by atoms with Crippen LogP contribution in [0, 0.1) is 11.7 Å². The Morgan fingerprint density at radius 3 is 2.55 bits per heavy atom. The summed E-state index contributed by atoms with van der Waals surface area (Å²) in [5, 5.41) is 23.9. The van der Waals surface area contributed by atoms with Gasteiger partial charge in [0.15, 0.2) is 12.2 Å². The number of rotatable bonds is 8. The molecule has 0 radical (unpaired) electrons. The summed E-state index contributed by atoms with van der Waals surface area (Å²) < 4.78 is 13.6. The van der Waals surface area contributed by atoms with E-state index in [0.29, 0.717) is 18.8 Å². The third-order valence-electron chi connectivity index (χ3n) is 7.99. The lowest BCUT2D eigenvalue weighted by atomic mass is 9.84. The first-order chi connectivity index (χ1) is 18.2. The summed E-state index contributed by atoms with van der Waals surface area (Å²) in [5.41, 5.74) is 8.29. The standard InChI is InChI=1S/C29H39FN4O4/c1-3-22-15-19(14-18(2)34(22)25-12-11-21(30)16-23(25)31)17-32-28(37)26(35)27(36)29(38)33-13-7-10-24(33)20-8-5-4-6-9-20/h4-6,8-9,11-12,16,18-19,22,24,26-27,35-36H,3,7,10,13-15,17,31H2,1-2H3,(H,32,37)/t18-,19?,22+,24-,26-,27-/m1/s1. The molecule has 2 heterocycles. The number of aliphatic hydroxyl groups excluding tert-OH is 2. The molecule has 1 unspecified atom stereocenters. The average molecular weight is 527 g/mol. The maximum Gasteiger partial charge on any atom is 0.255 e. The molecule has 2 aromatic rings. The number of benzene rings is 2. The second-order valence-corrected chi connectivity index (χ2v) is 10.6. The molecule has 2 aromatic carbocycles. The molecule has 0 saturated carbocycles. The van der Waals surface area contributed by atoms with Crippen LogP contribution in [-0.2, 0) is 9.59 Å². The Morgan fingerprint density at radius 2 is 1.87 bits per heavy atom. The summed E-state index contributed by atoms with van der Waals surface area (Å²) in [7, 11) is 0. The van der Waals surface area contributed by atoms with Crippen molar-refractivity contribution in [3.05, 3.63) is 59.9 Å². The van der Waals surface area contributed by atoms with E-state index in [4.69, 9.17) is 5.73 Å². The van der Waals surface area contributed by atoms with Gasteiger partial charge in [0.05, 0.1) is 17.4 Å². The number of aliphatic hydroxyl groups is 2. The zero-order chi connectivity index (χ0) is 27.4. The smallest absolute Gasteiger partial charge is 0.255 e. The van der Waals surface area contributed by atoms with E-state index in [1.165, 1.54) is 12.1 Å². The van der Waals surface area contributed by atoms with Crippen molar-refractivity contribution in [3.63, 3.8) is 0 Å². The number of hydrogen-bond acceptors (Lipinski definition) is 6. The molecular weight excluding hydrogens is 487 g/mol. The Kier molecular flexibility index (Phi) is 8.89. The highest BCUT2D eigenvalue weighted by Gasteiger charge is 2.39. The van der Waals surface area contributed by atoms with E-state index in [0.717, 1.165) is 43.4 Å². The van der Waals surface area contributed by atoms with E-state index >= 15 is 0 Å². The third-order valence-corrected chi connectivity index (χ3v) is 7.99. The highest BCUT2D eigenvalue weighted by Crippen LogP contribution is 2.37. The number of nitrogens with one attached hydrogen (secondary N) is 1. The molecule has 2 aliphatic heterocycles. The second-order valence-electron chi connectivity index (χ2n) is 10.6. The van der Waals surface area contributed by atoms with E-state index in [2.05, 4.69) is 24.1 Å². The van der Waals surface area contributed by atoms with Crippen LogP contribution >= 0.6 is 0 Å². The van der Waals surface area contributed by atoms with Crippen molar-refractivity contribution in [1.29, 1.82) is 0 Å². The van der Waals surface area contributed by atoms with Crippen LogP contribution in [0.1, 0.15) is 57.6 Å². The molecule has 2 fully saturated rings. The minimum atomic E-state index is -1.85. The van der Waals surface area contributed by atoms with Gasteiger partial charge >= 0.3 is 0 Å². The number of anilines is 2. The Bertz CT molecular complexity index is 1120. The quantitative estimate of drug-likeness (QED) is 0.393. The maximum atomic E-state index is 13.6. The molecule has 2 saturated heterocycles. The van der Waals surface area contributed by atoms with Gasteiger partial charge in [-0.2, -0.15) is 0 Å². The van der Waals surface area contributed by atoms with Gasteiger partial charge in [-0.15, -0.1) is 0 Å². The molecular formula is C29H39FN4O4. The zero-order valence-electron chi connectivity index (χ0n) is 22.1. The normalized spacial score (nSPS) is 25.2. The van der Waals surface area contributed by atoms with Gasteiger partial charge in [-0.05, 0) is 68.7 Å². The van der Waals surface area contributed by atoms with Crippen LogP contribution in [0.15, 0.2) is 48.5 Å². The molecule has 38 heavy (non-hydrogen) atoms. The molecule has 6 atom stereocenters. The molecule has 0 aromatic heterocycles. The molecule has 2 aliphatic rings. The molecule has 4 rings (SSSR count). The zero-order valence-corrected chi connectivity index (χ0v) is 22.1. The predicted octanol–water partition coefficient (Wildman–Crippen LogP) is 2.99. The van der Waals surface area contributed by atoms with Gasteiger partial charge in [0.1, 0.15) is 5.82 Å². The Balaban J connectivity index is 1.33. The number of carbonyl (C=O) groups is 2. The highest BCUT2D eigenvalue weighted by atomic mass is 19.1. The summed E-state index contributed by atoms with van der Waals surface area (Å²) in [4.78, 5) is 29.5. The number of nitrogens with two attached hydrogens (primary N) is 1. The Hall–Kier alpha value is -3.17. The minimum Gasteiger partial charge on any atom is -0.397 e. The van der Waals surface area contributed by atoms with Gasteiger partial charge in [-0.3, -0.25) is 9.59 Å². The van der Waals surface area contributed by atoms with Gasteiger partial charge in [-0.25, -0.2) is 4.39 Å². The first kappa shape index (κ1) is 27.9. The van der Waals surface area contributed by atoms with Gasteiger partial charge in [-0.1, -0.05) is 37.3 Å². The number of nitrogens with zero attached hydrogens (tertiary/aromatic N) is 2. The third kappa shape index (κ3) is 5.94. The SMILES string of the molecule is CC[C@H]1CC(CNC(=O)[C@H](O)[C@@H](O)C(=O)N2CCC[C@@H]2c2ccccc2)C[C@@H](C)N1c1ccc(F)cc1N. The second kappa shape index (κ2) is 12.1. The van der Waals surface area contributed by atoms with Crippen LogP contribution in [0.5, 0.6) is 0 Å². The van der Waals surface area contributed by atoms with E-state index < -0.39 is 24.0 Å². The summed E-state index contributed by atoms with van der Waals surface area (Å²) >= 11 is 0. The van der Waals surface area contributed by atoms with Crippen LogP contribution in [0.2, 0.25) is 0 Å². The molecule has 9 heteroatoms.